The second-order valence-electron chi connectivity index (χ2n) is 7.01. The first-order valence-electron chi connectivity index (χ1n) is 8.52. The first-order valence-corrected chi connectivity index (χ1v) is 8.52. The van der Waals surface area contributed by atoms with Crippen molar-refractivity contribution in [3.05, 3.63) is 52.3 Å². The molecule has 1 aromatic carbocycles. The number of nitrogens with one attached hydrogen (secondary N) is 1. The van der Waals surface area contributed by atoms with Gasteiger partial charge in [0, 0.05) is 32.1 Å². The molecule has 1 aliphatic rings. The predicted molar refractivity (Wildman–Crippen MR) is 98.0 cm³/mol. The number of aromatic nitrogens is 4. The molecule has 1 saturated heterocycles. The van der Waals surface area contributed by atoms with Gasteiger partial charge in [-0.3, -0.25) is 9.78 Å². The number of nitrogens with zero attached hydrogens (tertiary/aromatic N) is 5. The molecular formula is C18H21FN6O. The predicted octanol–water partition coefficient (Wildman–Crippen LogP) is 1.33. The molecule has 1 N–H and O–H groups in total. The molecule has 1 fully saturated rings. The summed E-state index contributed by atoms with van der Waals surface area (Å²) >= 11 is 0. The molecule has 1 aliphatic heterocycles. The number of benzene rings is 1. The van der Waals surface area contributed by atoms with Gasteiger partial charge in [-0.25, -0.2) is 9.37 Å². The summed E-state index contributed by atoms with van der Waals surface area (Å²) in [6, 6.07) is 6.87. The third-order valence-corrected chi connectivity index (χ3v) is 5.12. The van der Waals surface area contributed by atoms with E-state index in [0.717, 1.165) is 12.1 Å². The Hall–Kier alpha value is -2.74. The van der Waals surface area contributed by atoms with Gasteiger partial charge in [0.1, 0.15) is 5.82 Å². The molecule has 0 saturated carbocycles. The molecule has 0 unspecified atom stereocenters. The second kappa shape index (κ2) is 6.21. The average molecular weight is 356 g/mol. The fourth-order valence-electron chi connectivity index (χ4n) is 3.72. The van der Waals surface area contributed by atoms with E-state index in [1.807, 2.05) is 26.2 Å². The zero-order valence-corrected chi connectivity index (χ0v) is 15.0. The Labute approximate surface area is 150 Å². The molecule has 0 spiro atoms. The molecule has 0 radical (unpaired) electrons. The molecule has 3 heterocycles. The SMILES string of the molecule is CN(C)[C@H]1CN(c2nc3ncn(C)c3c(=O)[nH]2)C[C@@H]1c1ccc(F)cc1. The summed E-state index contributed by atoms with van der Waals surface area (Å²) in [5, 5.41) is 0. The van der Waals surface area contributed by atoms with Gasteiger partial charge in [0.15, 0.2) is 11.2 Å². The number of aromatic amines is 1. The standard InChI is InChI=1S/C18H21FN6O/c1-23(2)14-9-25(8-13(14)11-4-6-12(19)7-5-11)18-21-16-15(17(26)22-18)24(3)10-20-16/h4-7,10,13-14H,8-9H2,1-3H3,(H,21,22,26)/t13-,14+/m1/s1. The first-order chi connectivity index (χ1) is 12.4. The number of rotatable bonds is 3. The molecule has 3 aromatic rings. The number of halogens is 1. The smallest absolute Gasteiger partial charge is 0.278 e. The molecule has 136 valence electrons. The number of likely N-dealkylation sites (N-methyl/N-ethyl adjacent to an activating group) is 1. The van der Waals surface area contributed by atoms with Crippen LogP contribution in [-0.2, 0) is 7.05 Å². The van der Waals surface area contributed by atoms with Crippen LogP contribution >= 0.6 is 0 Å². The lowest BCUT2D eigenvalue weighted by molar-refractivity contribution is 0.292. The van der Waals surface area contributed by atoms with Crippen molar-refractivity contribution in [2.45, 2.75) is 12.0 Å². The Bertz CT molecular complexity index is 993. The second-order valence-corrected chi connectivity index (χ2v) is 7.01. The van der Waals surface area contributed by atoms with Crippen LogP contribution < -0.4 is 10.5 Å². The monoisotopic (exact) mass is 356 g/mol. The van der Waals surface area contributed by atoms with Crippen molar-refractivity contribution in [3.63, 3.8) is 0 Å². The number of fused-ring (bicyclic) bond motifs is 1. The van der Waals surface area contributed by atoms with Crippen LogP contribution in [-0.4, -0.2) is 57.6 Å². The van der Waals surface area contributed by atoms with Crippen LogP contribution in [0.25, 0.3) is 11.2 Å². The molecule has 7 nitrogen and oxygen atoms in total. The van der Waals surface area contributed by atoms with E-state index in [4.69, 9.17) is 0 Å². The third-order valence-electron chi connectivity index (χ3n) is 5.12. The molecule has 26 heavy (non-hydrogen) atoms. The molecule has 0 amide bonds. The average Bonchev–Trinajstić information content (AvgIpc) is 3.20. The minimum atomic E-state index is -0.239. The number of H-pyrrole nitrogens is 1. The highest BCUT2D eigenvalue weighted by Crippen LogP contribution is 2.32. The zero-order valence-electron chi connectivity index (χ0n) is 15.0. The summed E-state index contributed by atoms with van der Waals surface area (Å²) in [6.07, 6.45) is 1.59. The topological polar surface area (TPSA) is 70.1 Å². The van der Waals surface area contributed by atoms with Gasteiger partial charge >= 0.3 is 0 Å². The first kappa shape index (κ1) is 16.7. The molecule has 4 rings (SSSR count). The number of anilines is 1. The van der Waals surface area contributed by atoms with Gasteiger partial charge in [0.2, 0.25) is 5.95 Å². The van der Waals surface area contributed by atoms with Gasteiger partial charge in [0.05, 0.1) is 6.33 Å². The van der Waals surface area contributed by atoms with Crippen LogP contribution in [0, 0.1) is 5.82 Å². The molecular weight excluding hydrogens is 335 g/mol. The van der Waals surface area contributed by atoms with Crippen LogP contribution in [0.3, 0.4) is 0 Å². The van der Waals surface area contributed by atoms with Gasteiger partial charge in [-0.2, -0.15) is 4.98 Å². The Balaban J connectivity index is 1.70. The largest absolute Gasteiger partial charge is 0.340 e. The van der Waals surface area contributed by atoms with Crippen LogP contribution in [0.4, 0.5) is 10.3 Å². The highest BCUT2D eigenvalue weighted by atomic mass is 19.1. The maximum atomic E-state index is 13.3. The lowest BCUT2D eigenvalue weighted by Gasteiger charge is -2.25. The minimum absolute atomic E-state index is 0.190. The van der Waals surface area contributed by atoms with Gasteiger partial charge in [-0.05, 0) is 31.8 Å². The molecule has 8 heteroatoms. The summed E-state index contributed by atoms with van der Waals surface area (Å²) < 4.78 is 15.0. The fourth-order valence-corrected chi connectivity index (χ4v) is 3.72. The lowest BCUT2D eigenvalue weighted by Crippen LogP contribution is -2.35. The highest BCUT2D eigenvalue weighted by molar-refractivity contribution is 5.70. The fraction of sp³-hybridized carbons (Fsp3) is 0.389. The zero-order chi connectivity index (χ0) is 18.4. The van der Waals surface area contributed by atoms with E-state index < -0.39 is 0 Å². The third kappa shape index (κ3) is 2.76. The van der Waals surface area contributed by atoms with Crippen LogP contribution in [0.5, 0.6) is 0 Å². The van der Waals surface area contributed by atoms with Crippen molar-refractivity contribution in [2.75, 3.05) is 32.1 Å². The summed E-state index contributed by atoms with van der Waals surface area (Å²) in [4.78, 5) is 28.2. The van der Waals surface area contributed by atoms with Crippen molar-refractivity contribution in [1.82, 2.24) is 24.4 Å². The number of hydrogen-bond donors (Lipinski definition) is 1. The summed E-state index contributed by atoms with van der Waals surface area (Å²) in [6.45, 7) is 1.41. The minimum Gasteiger partial charge on any atom is -0.340 e. The van der Waals surface area contributed by atoms with E-state index >= 15 is 0 Å². The van der Waals surface area contributed by atoms with Gasteiger partial charge < -0.3 is 14.4 Å². The summed E-state index contributed by atoms with van der Waals surface area (Å²) in [7, 11) is 5.83. The highest BCUT2D eigenvalue weighted by Gasteiger charge is 2.36. The Morgan fingerprint density at radius 3 is 2.65 bits per heavy atom. The number of imidazole rings is 1. The number of hydrogen-bond acceptors (Lipinski definition) is 5. The Kier molecular flexibility index (Phi) is 3.99. The quantitative estimate of drug-likeness (QED) is 0.767. The maximum Gasteiger partial charge on any atom is 0.278 e. The van der Waals surface area contributed by atoms with Crippen molar-refractivity contribution in [2.24, 2.45) is 7.05 Å². The normalized spacial score (nSPS) is 20.4. The van der Waals surface area contributed by atoms with Crippen molar-refractivity contribution >= 4 is 17.1 Å². The van der Waals surface area contributed by atoms with E-state index in [2.05, 4.69) is 24.8 Å². The molecule has 0 bridgehead atoms. The maximum absolute atomic E-state index is 13.3. The number of aryl methyl sites for hydroxylation is 1. The van der Waals surface area contributed by atoms with E-state index in [1.54, 1.807) is 17.9 Å². The molecule has 2 atom stereocenters. The van der Waals surface area contributed by atoms with E-state index in [9.17, 15) is 9.18 Å². The Morgan fingerprint density at radius 1 is 1.23 bits per heavy atom. The summed E-state index contributed by atoms with van der Waals surface area (Å²) in [5.74, 6) is 0.476. The van der Waals surface area contributed by atoms with E-state index in [0.29, 0.717) is 23.7 Å². The molecule has 2 aromatic heterocycles. The van der Waals surface area contributed by atoms with Crippen molar-refractivity contribution in [3.8, 4) is 0 Å². The van der Waals surface area contributed by atoms with Gasteiger partial charge in [0.25, 0.3) is 5.56 Å². The lowest BCUT2D eigenvalue weighted by atomic mass is 9.94. The van der Waals surface area contributed by atoms with Crippen molar-refractivity contribution in [1.29, 1.82) is 0 Å². The summed E-state index contributed by atoms with van der Waals surface area (Å²) in [5.41, 5.74) is 1.79. The van der Waals surface area contributed by atoms with E-state index in [1.165, 1.54) is 12.1 Å². The van der Waals surface area contributed by atoms with Crippen LogP contribution in [0.2, 0.25) is 0 Å². The molecule has 0 aliphatic carbocycles. The van der Waals surface area contributed by atoms with Crippen LogP contribution in [0.1, 0.15) is 11.5 Å². The van der Waals surface area contributed by atoms with E-state index in [-0.39, 0.29) is 23.3 Å². The Morgan fingerprint density at radius 2 is 1.96 bits per heavy atom. The van der Waals surface area contributed by atoms with Crippen molar-refractivity contribution < 1.29 is 4.39 Å². The van der Waals surface area contributed by atoms with Gasteiger partial charge in [-0.15, -0.1) is 0 Å². The van der Waals surface area contributed by atoms with Gasteiger partial charge in [-0.1, -0.05) is 12.1 Å². The van der Waals surface area contributed by atoms with Crippen LogP contribution in [0.15, 0.2) is 35.4 Å².